The van der Waals surface area contributed by atoms with Gasteiger partial charge < -0.3 is 11.4 Å². The van der Waals surface area contributed by atoms with Crippen LogP contribution in [0.1, 0.15) is 0 Å². The minimum absolute atomic E-state index is 0. The molecule has 0 aliphatic heterocycles. The van der Waals surface area contributed by atoms with Gasteiger partial charge in [-0.25, -0.2) is 0 Å². The standard InChI is InChI=1S/HNO3.H3N.Tl/c2-1(3)4;;/h(H,2,3,4);1H3;. The van der Waals surface area contributed by atoms with Crippen LogP contribution in [0, 0.1) is 10.1 Å². The van der Waals surface area contributed by atoms with Crippen LogP contribution in [0.2, 0.25) is 0 Å². The van der Waals surface area contributed by atoms with Crippen molar-refractivity contribution in [3.8, 4) is 0 Å². The summed E-state index contributed by atoms with van der Waals surface area (Å²) in [4.78, 5) is 8.36. The molecule has 0 bridgehead atoms. The molecule has 0 aromatic rings. The fourth-order valence-corrected chi connectivity index (χ4v) is 0. The van der Waals surface area contributed by atoms with Crippen LogP contribution < -0.4 is 6.15 Å². The summed E-state index contributed by atoms with van der Waals surface area (Å²) in [6.45, 7) is 0. The van der Waals surface area contributed by atoms with Gasteiger partial charge >= 0.3 is 0 Å². The molecule has 0 rings (SSSR count). The van der Waals surface area contributed by atoms with Crippen molar-refractivity contribution in [3.63, 3.8) is 0 Å². The zero-order valence-corrected chi connectivity index (χ0v) is 7.48. The van der Waals surface area contributed by atoms with Crippen molar-refractivity contribution in [2.75, 3.05) is 0 Å². The van der Waals surface area contributed by atoms with Gasteiger partial charge in [-0.2, -0.15) is 0 Å². The third-order valence-corrected chi connectivity index (χ3v) is 0. The van der Waals surface area contributed by atoms with Crippen LogP contribution in [0.25, 0.3) is 0 Å². The number of rotatable bonds is 0. The molecule has 0 atom stereocenters. The van der Waals surface area contributed by atoms with E-state index in [1.54, 1.807) is 0 Å². The van der Waals surface area contributed by atoms with Gasteiger partial charge in [0, 0.05) is 27.3 Å². The van der Waals surface area contributed by atoms with Gasteiger partial charge in [-0.05, 0) is 0 Å². The van der Waals surface area contributed by atoms with Crippen LogP contribution in [0.4, 0.5) is 0 Å². The van der Waals surface area contributed by atoms with Crippen LogP contribution in [-0.2, 0) is 0 Å². The van der Waals surface area contributed by atoms with Crippen LogP contribution in [0.3, 0.4) is 0 Å². The van der Waals surface area contributed by atoms with Gasteiger partial charge in [-0.3, -0.25) is 0 Å². The van der Waals surface area contributed by atoms with E-state index in [1.165, 1.54) is 0 Å². The van der Waals surface area contributed by atoms with Crippen molar-refractivity contribution < 1.29 is 10.3 Å². The molecule has 0 saturated heterocycles. The Morgan fingerprint density at radius 2 is 1.67 bits per heavy atom. The van der Waals surface area contributed by atoms with Crippen LogP contribution in [0.5, 0.6) is 0 Å². The molecule has 35 valence electrons. The second-order valence-electron chi connectivity index (χ2n) is 0.238. The molecule has 0 aliphatic rings. The Labute approximate surface area is 54.2 Å². The van der Waals surface area contributed by atoms with Gasteiger partial charge in [0.15, 0.2) is 0 Å². The van der Waals surface area contributed by atoms with E-state index in [-0.39, 0.29) is 33.4 Å². The fourth-order valence-electron chi connectivity index (χ4n) is 0. The smallest absolute Gasteiger partial charge is 0.291 e. The van der Waals surface area contributed by atoms with Gasteiger partial charge in [0.05, 0.1) is 0 Å². The molecule has 5 nitrogen and oxygen atoms in total. The third-order valence-electron chi connectivity index (χ3n) is 0. The number of hydrogen-bond acceptors (Lipinski definition) is 3. The molecule has 0 unspecified atom stereocenters. The molecule has 0 aliphatic carbocycles. The maximum atomic E-state index is 8.36. The topological polar surface area (TPSA) is 98.4 Å². The Balaban J connectivity index is -0.0000000450. The molecule has 0 amide bonds. The van der Waals surface area contributed by atoms with Crippen LogP contribution in [-0.4, -0.2) is 37.6 Å². The maximum Gasteiger partial charge on any atom is 0.291 e. The molecule has 4 N–H and O–H groups in total. The Hall–Kier alpha value is 0.0821. The first-order valence-electron chi connectivity index (χ1n) is 0.565. The van der Waals surface area contributed by atoms with Gasteiger partial charge in [-0.1, -0.05) is 0 Å². The average molecular weight is 284 g/mol. The number of hydrogen-bond donors (Lipinski definition) is 2. The zero-order chi connectivity index (χ0) is 3.58. The minimum atomic E-state index is -1.50. The first-order chi connectivity index (χ1) is 1.73. The van der Waals surface area contributed by atoms with E-state index < -0.39 is 5.09 Å². The predicted octanol–water partition coefficient (Wildman–Crippen LogP) is -0.567. The molecular formula is H4N2O3Tl. The van der Waals surface area contributed by atoms with E-state index in [2.05, 4.69) is 0 Å². The Morgan fingerprint density at radius 1 is 1.67 bits per heavy atom. The van der Waals surface area contributed by atoms with E-state index in [0.29, 0.717) is 0 Å². The SMILES string of the molecule is N.O=[N+]([O-])O.[Tl]. The summed E-state index contributed by atoms with van der Waals surface area (Å²) in [6.07, 6.45) is 0. The molecule has 0 aromatic carbocycles. The second-order valence-corrected chi connectivity index (χ2v) is 0.238. The fraction of sp³-hybridized carbons (Fsp3) is 0. The quantitative estimate of drug-likeness (QED) is 0.354. The van der Waals surface area contributed by atoms with E-state index >= 15 is 0 Å². The van der Waals surface area contributed by atoms with E-state index in [9.17, 15) is 0 Å². The predicted molar refractivity (Wildman–Crippen MR) is 19.6 cm³/mol. The van der Waals surface area contributed by atoms with Crippen molar-refractivity contribution in [1.29, 1.82) is 0 Å². The largest absolute Gasteiger partial charge is 0.344 e. The van der Waals surface area contributed by atoms with E-state index in [4.69, 9.17) is 15.3 Å². The molecule has 0 heterocycles. The van der Waals surface area contributed by atoms with Gasteiger partial charge in [0.25, 0.3) is 5.09 Å². The molecule has 6 heteroatoms. The normalized spacial score (nSPS) is 4.00. The molecule has 1 radical (unpaired) electrons. The van der Waals surface area contributed by atoms with Crippen molar-refractivity contribution >= 4 is 27.3 Å². The second kappa shape index (κ2) is 8.91. The zero-order valence-electron chi connectivity index (χ0n) is 3.00. The van der Waals surface area contributed by atoms with Crippen molar-refractivity contribution in [3.05, 3.63) is 10.1 Å². The molecule has 0 aromatic heterocycles. The van der Waals surface area contributed by atoms with Crippen LogP contribution in [0.15, 0.2) is 0 Å². The molecule has 0 fully saturated rings. The van der Waals surface area contributed by atoms with Crippen molar-refractivity contribution in [2.45, 2.75) is 0 Å². The van der Waals surface area contributed by atoms with E-state index in [1.807, 2.05) is 0 Å². The summed E-state index contributed by atoms with van der Waals surface area (Å²) < 4.78 is 0. The summed E-state index contributed by atoms with van der Waals surface area (Å²) >= 11 is 0. The minimum Gasteiger partial charge on any atom is -0.344 e. The molecule has 0 spiro atoms. The third kappa shape index (κ3) is 5760. The average Bonchev–Trinajstić information content (AvgIpc) is 0.811. The summed E-state index contributed by atoms with van der Waals surface area (Å²) in [6, 6.07) is 0. The molecule has 6 heavy (non-hydrogen) atoms. The Kier molecular flexibility index (Phi) is 24.6. The number of nitrogens with zero attached hydrogens (tertiary/aromatic N) is 1. The monoisotopic (exact) mass is 285 g/mol. The first-order valence-corrected chi connectivity index (χ1v) is 0.565. The molecular weight excluding hydrogens is 280 g/mol. The summed E-state index contributed by atoms with van der Waals surface area (Å²) in [5.74, 6) is 0. The van der Waals surface area contributed by atoms with Crippen molar-refractivity contribution in [2.24, 2.45) is 0 Å². The Morgan fingerprint density at radius 3 is 1.67 bits per heavy atom. The van der Waals surface area contributed by atoms with Gasteiger partial charge in [0.2, 0.25) is 0 Å². The van der Waals surface area contributed by atoms with E-state index in [0.717, 1.165) is 0 Å². The summed E-state index contributed by atoms with van der Waals surface area (Å²) in [7, 11) is 0. The van der Waals surface area contributed by atoms with Gasteiger partial charge in [0.1, 0.15) is 0 Å². The maximum absolute atomic E-state index is 8.36. The Bertz CT molecular complexity index is 31.8. The summed E-state index contributed by atoms with van der Waals surface area (Å²) in [5.41, 5.74) is 0. The summed E-state index contributed by atoms with van der Waals surface area (Å²) in [5, 5.41) is 13.6. The van der Waals surface area contributed by atoms with Crippen LogP contribution >= 0.6 is 0 Å². The van der Waals surface area contributed by atoms with Crippen molar-refractivity contribution in [1.82, 2.24) is 6.15 Å². The first kappa shape index (κ1) is 16.5. The van der Waals surface area contributed by atoms with Gasteiger partial charge in [-0.15, -0.1) is 10.1 Å². The molecule has 0 saturated carbocycles.